The summed E-state index contributed by atoms with van der Waals surface area (Å²) in [6.07, 6.45) is -4.59. The van der Waals surface area contributed by atoms with Crippen LogP contribution in [-0.2, 0) is 11.8 Å². The molecule has 1 aliphatic heterocycles. The molecule has 1 aromatic heterocycles. The Morgan fingerprint density at radius 2 is 1.60 bits per heavy atom. The van der Waals surface area contributed by atoms with E-state index < -0.39 is 23.8 Å². The number of ether oxygens (including phenoxy) is 1. The first-order chi connectivity index (χ1) is 16.3. The van der Waals surface area contributed by atoms with Gasteiger partial charge in [0.1, 0.15) is 5.60 Å². The van der Waals surface area contributed by atoms with Crippen molar-refractivity contribution in [3.8, 4) is 0 Å². The molecule has 7 nitrogen and oxygen atoms in total. The first-order valence-electron chi connectivity index (χ1n) is 11.5. The van der Waals surface area contributed by atoms with Crippen molar-refractivity contribution in [1.29, 1.82) is 0 Å². The van der Waals surface area contributed by atoms with E-state index in [9.17, 15) is 22.8 Å². The molecule has 0 saturated carbocycles. The smallest absolute Gasteiger partial charge is 0.434 e. The van der Waals surface area contributed by atoms with Crippen LogP contribution in [0.5, 0.6) is 0 Å². The van der Waals surface area contributed by atoms with Gasteiger partial charge >= 0.3 is 12.3 Å². The second-order valence-electron chi connectivity index (χ2n) is 9.83. The average Bonchev–Trinajstić information content (AvgIpc) is 3.02. The zero-order chi connectivity index (χ0) is 25.5. The number of nitrogens with zero attached hydrogens (tertiary/aromatic N) is 3. The number of rotatable bonds is 3. The molecule has 2 heterocycles. The second-order valence-corrected chi connectivity index (χ2v) is 9.83. The predicted octanol–water partition coefficient (Wildman–Crippen LogP) is 5.65. The Bertz CT molecular complexity index is 1280. The lowest BCUT2D eigenvalue weighted by atomic mass is 9.96. The molecule has 1 aliphatic rings. The number of fused-ring (bicyclic) bond motifs is 1. The van der Waals surface area contributed by atoms with Crippen LogP contribution >= 0.6 is 0 Å². The fourth-order valence-corrected chi connectivity index (χ4v) is 4.31. The van der Waals surface area contributed by atoms with Gasteiger partial charge in [-0.15, -0.1) is 0 Å². The van der Waals surface area contributed by atoms with Crippen molar-refractivity contribution in [2.75, 3.05) is 23.3 Å². The molecule has 0 unspecified atom stereocenters. The minimum atomic E-state index is -4.13. The number of hydrogen-bond acceptors (Lipinski definition) is 5. The fraction of sp³-hybridized carbons (Fsp3) is 0.440. The van der Waals surface area contributed by atoms with Crippen LogP contribution in [-0.4, -0.2) is 40.3 Å². The molecule has 10 heteroatoms. The van der Waals surface area contributed by atoms with Gasteiger partial charge in [-0.05, 0) is 76.1 Å². The second kappa shape index (κ2) is 8.98. The lowest BCUT2D eigenvalue weighted by Gasteiger charge is -2.34. The number of carbonyl (C=O) groups excluding carboxylic acids is 1. The Morgan fingerprint density at radius 1 is 1.00 bits per heavy atom. The Balaban J connectivity index is 1.52. The number of anilines is 3. The molecule has 0 bridgehead atoms. The molecule has 1 fully saturated rings. The van der Waals surface area contributed by atoms with E-state index in [0.717, 1.165) is 11.4 Å². The van der Waals surface area contributed by atoms with Gasteiger partial charge in [0.15, 0.2) is 0 Å². The van der Waals surface area contributed by atoms with Crippen LogP contribution in [0.1, 0.15) is 33.6 Å². The highest BCUT2D eigenvalue weighted by Crippen LogP contribution is 2.35. The van der Waals surface area contributed by atoms with Crippen molar-refractivity contribution < 1.29 is 22.7 Å². The quantitative estimate of drug-likeness (QED) is 0.514. The number of hydrogen-bond donors (Lipinski definition) is 1. The third kappa shape index (κ3) is 5.31. The van der Waals surface area contributed by atoms with E-state index in [1.54, 1.807) is 39.0 Å². The zero-order valence-corrected chi connectivity index (χ0v) is 20.1. The summed E-state index contributed by atoms with van der Waals surface area (Å²) in [4.78, 5) is 27.3. The Hall–Kier alpha value is -3.43. The fourth-order valence-electron chi connectivity index (χ4n) is 4.31. The minimum absolute atomic E-state index is 0.0972. The number of benzene rings is 2. The van der Waals surface area contributed by atoms with Gasteiger partial charge in [-0.25, -0.2) is 9.48 Å². The number of aromatic nitrogens is 2. The summed E-state index contributed by atoms with van der Waals surface area (Å²) in [5.41, 5.74) is 1.69. The first kappa shape index (κ1) is 24.7. The van der Waals surface area contributed by atoms with E-state index in [0.29, 0.717) is 29.7 Å². The highest BCUT2D eigenvalue weighted by molar-refractivity contribution is 5.90. The molecule has 0 spiro atoms. The normalized spacial score (nSPS) is 15.5. The summed E-state index contributed by atoms with van der Waals surface area (Å²) >= 11 is 0. The summed E-state index contributed by atoms with van der Waals surface area (Å²) in [6, 6.07) is 12.5. The van der Waals surface area contributed by atoms with Crippen molar-refractivity contribution in [3.05, 3.63) is 52.8 Å². The summed E-state index contributed by atoms with van der Waals surface area (Å²) in [5.74, 6) is -1.23. The topological polar surface area (TPSA) is 68.5 Å². The van der Waals surface area contributed by atoms with Crippen LogP contribution in [0.2, 0.25) is 0 Å². The first-order valence-corrected chi connectivity index (χ1v) is 11.5. The zero-order valence-electron chi connectivity index (χ0n) is 20.1. The van der Waals surface area contributed by atoms with Gasteiger partial charge in [0.05, 0.1) is 16.8 Å². The SMILES string of the molecule is Cn1c(=O)c2ccc(Nc3ccc(N4CCC(C(F)(F)F)CC4)cc3)cc2n1C(=O)OC(C)(C)C. The van der Waals surface area contributed by atoms with Crippen molar-refractivity contribution in [2.45, 2.75) is 45.4 Å². The number of piperidine rings is 1. The number of carbonyl (C=O) groups is 1. The molecular weight excluding hydrogens is 461 g/mol. The van der Waals surface area contributed by atoms with Crippen LogP contribution in [0.25, 0.3) is 10.9 Å². The van der Waals surface area contributed by atoms with E-state index in [1.807, 2.05) is 29.2 Å². The molecule has 35 heavy (non-hydrogen) atoms. The van der Waals surface area contributed by atoms with Crippen LogP contribution in [0.3, 0.4) is 0 Å². The van der Waals surface area contributed by atoms with Crippen LogP contribution in [0.15, 0.2) is 47.3 Å². The van der Waals surface area contributed by atoms with Gasteiger partial charge in [-0.3, -0.25) is 4.79 Å². The van der Waals surface area contributed by atoms with E-state index >= 15 is 0 Å². The highest BCUT2D eigenvalue weighted by Gasteiger charge is 2.41. The molecule has 3 aromatic rings. The molecule has 0 atom stereocenters. The summed E-state index contributed by atoms with van der Waals surface area (Å²) in [5, 5.41) is 3.64. The van der Waals surface area contributed by atoms with Gasteiger partial charge in [0.25, 0.3) is 5.56 Å². The maximum Gasteiger partial charge on any atom is 0.434 e. The summed E-state index contributed by atoms with van der Waals surface area (Å²) < 4.78 is 46.7. The molecule has 2 aromatic carbocycles. The van der Waals surface area contributed by atoms with Crippen molar-refractivity contribution in [3.63, 3.8) is 0 Å². The lowest BCUT2D eigenvalue weighted by Crippen LogP contribution is -2.38. The molecular formula is C25H29F3N4O3. The molecule has 188 valence electrons. The van der Waals surface area contributed by atoms with E-state index in [4.69, 9.17) is 4.74 Å². The molecule has 0 amide bonds. The van der Waals surface area contributed by atoms with Gasteiger partial charge < -0.3 is 15.0 Å². The lowest BCUT2D eigenvalue weighted by molar-refractivity contribution is -0.179. The third-order valence-corrected chi connectivity index (χ3v) is 6.10. The van der Waals surface area contributed by atoms with E-state index in [1.165, 1.54) is 16.4 Å². The van der Waals surface area contributed by atoms with Crippen LogP contribution in [0.4, 0.5) is 35.0 Å². The molecule has 0 radical (unpaired) electrons. The highest BCUT2D eigenvalue weighted by atomic mass is 19.4. The predicted molar refractivity (Wildman–Crippen MR) is 130 cm³/mol. The third-order valence-electron chi connectivity index (χ3n) is 6.10. The maximum absolute atomic E-state index is 12.9. The van der Waals surface area contributed by atoms with Crippen molar-refractivity contribution >= 4 is 34.1 Å². The largest absolute Gasteiger partial charge is 0.442 e. The van der Waals surface area contributed by atoms with Crippen molar-refractivity contribution in [1.82, 2.24) is 9.36 Å². The summed E-state index contributed by atoms with van der Waals surface area (Å²) in [6.45, 7) is 5.99. The van der Waals surface area contributed by atoms with Crippen LogP contribution < -0.4 is 15.8 Å². The van der Waals surface area contributed by atoms with Gasteiger partial charge in [-0.2, -0.15) is 17.9 Å². The Morgan fingerprint density at radius 3 is 2.17 bits per heavy atom. The van der Waals surface area contributed by atoms with Gasteiger partial charge in [0.2, 0.25) is 0 Å². The number of halogens is 3. The molecule has 4 rings (SSSR count). The van der Waals surface area contributed by atoms with E-state index in [-0.39, 0.29) is 18.4 Å². The summed E-state index contributed by atoms with van der Waals surface area (Å²) in [7, 11) is 1.51. The standard InChI is InChI=1S/C25H29F3N4O3/c1-24(2,3)35-23(34)32-21-15-18(7-10-20(21)22(33)30(32)4)29-17-5-8-19(9-6-17)31-13-11-16(12-14-31)25(26,27)28/h5-10,15-16,29H,11-14H2,1-4H3. The number of nitrogens with one attached hydrogen (secondary N) is 1. The van der Waals surface area contributed by atoms with Crippen LogP contribution in [0, 0.1) is 5.92 Å². The Labute approximate surface area is 201 Å². The Kier molecular flexibility index (Phi) is 6.33. The van der Waals surface area contributed by atoms with Crippen molar-refractivity contribution in [2.24, 2.45) is 13.0 Å². The maximum atomic E-state index is 12.9. The minimum Gasteiger partial charge on any atom is -0.442 e. The van der Waals surface area contributed by atoms with Gasteiger partial charge in [-0.1, -0.05) is 0 Å². The monoisotopic (exact) mass is 490 g/mol. The van der Waals surface area contributed by atoms with Gasteiger partial charge in [0, 0.05) is 37.2 Å². The molecule has 1 saturated heterocycles. The number of alkyl halides is 3. The molecule has 1 N–H and O–H groups in total. The average molecular weight is 491 g/mol. The molecule has 0 aliphatic carbocycles. The van der Waals surface area contributed by atoms with E-state index in [2.05, 4.69) is 5.32 Å².